The number of piperidine rings is 2. The molecule has 2 aliphatic rings. The second-order valence-electron chi connectivity index (χ2n) is 6.08. The number of nitrogen functional groups attached to an aromatic ring is 1. The Bertz CT molecular complexity index is 536. The third-order valence-electron chi connectivity index (χ3n) is 4.77. The molecule has 3 rings (SSSR count). The van der Waals surface area contributed by atoms with E-state index >= 15 is 0 Å². The first kappa shape index (κ1) is 14.1. The minimum absolute atomic E-state index is 0.00622. The lowest BCUT2D eigenvalue weighted by atomic mass is 9.82. The van der Waals surface area contributed by atoms with Gasteiger partial charge in [0.2, 0.25) is 5.82 Å². The van der Waals surface area contributed by atoms with E-state index in [0.717, 1.165) is 12.8 Å². The fraction of sp³-hybridized carbons (Fsp3) is 0.643. The van der Waals surface area contributed by atoms with Gasteiger partial charge in [0.25, 0.3) is 0 Å². The lowest BCUT2D eigenvalue weighted by Crippen LogP contribution is -2.52. The number of nitrogens with zero attached hydrogens (tertiary/aromatic N) is 3. The number of rotatable bonds is 3. The maximum Gasteiger partial charge on any atom is 0.311 e. The summed E-state index contributed by atoms with van der Waals surface area (Å²) in [5, 5.41) is 14.4. The third kappa shape index (κ3) is 2.78. The largest absolute Gasteiger partial charge is 0.384 e. The molecule has 0 saturated carbocycles. The quantitative estimate of drug-likeness (QED) is 0.653. The molecule has 0 aromatic carbocycles. The zero-order chi connectivity index (χ0) is 15.0. The summed E-state index contributed by atoms with van der Waals surface area (Å²) in [5.74, 6) is 0.601. The lowest BCUT2D eigenvalue weighted by Gasteiger charge is -2.47. The van der Waals surface area contributed by atoms with Crippen molar-refractivity contribution in [2.75, 3.05) is 18.1 Å². The molecule has 7 nitrogen and oxygen atoms in total. The van der Waals surface area contributed by atoms with Crippen molar-refractivity contribution in [2.24, 2.45) is 0 Å². The van der Waals surface area contributed by atoms with Gasteiger partial charge in [-0.3, -0.25) is 10.1 Å². The van der Waals surface area contributed by atoms with Gasteiger partial charge in [-0.15, -0.1) is 0 Å². The summed E-state index contributed by atoms with van der Waals surface area (Å²) < 4.78 is 0. The first-order chi connectivity index (χ1) is 10.0. The van der Waals surface area contributed by atoms with Gasteiger partial charge >= 0.3 is 5.69 Å². The van der Waals surface area contributed by atoms with Crippen molar-refractivity contribution >= 4 is 17.3 Å². The van der Waals surface area contributed by atoms with E-state index in [1.54, 1.807) is 0 Å². The maximum absolute atomic E-state index is 11.1. The third-order valence-corrected chi connectivity index (χ3v) is 4.77. The van der Waals surface area contributed by atoms with Crippen LogP contribution in [0.1, 0.15) is 32.1 Å². The highest BCUT2D eigenvalue weighted by molar-refractivity contribution is 5.59. The summed E-state index contributed by atoms with van der Waals surface area (Å²) in [6.45, 7) is 0. The summed E-state index contributed by atoms with van der Waals surface area (Å²) >= 11 is 0. The predicted octanol–water partition coefficient (Wildman–Crippen LogP) is 2.00. The Morgan fingerprint density at radius 1 is 1.38 bits per heavy atom. The van der Waals surface area contributed by atoms with Gasteiger partial charge < -0.3 is 16.0 Å². The van der Waals surface area contributed by atoms with Crippen molar-refractivity contribution < 1.29 is 4.92 Å². The van der Waals surface area contributed by atoms with Gasteiger partial charge in [-0.1, -0.05) is 6.42 Å². The minimum atomic E-state index is -0.412. The molecule has 2 atom stereocenters. The summed E-state index contributed by atoms with van der Waals surface area (Å²) in [5.41, 5.74) is 5.66. The van der Waals surface area contributed by atoms with Crippen LogP contribution in [-0.2, 0) is 0 Å². The highest BCUT2D eigenvalue weighted by Gasteiger charge is 2.36. The van der Waals surface area contributed by atoms with E-state index in [2.05, 4.69) is 22.2 Å². The fourth-order valence-electron chi connectivity index (χ4n) is 3.65. The fourth-order valence-corrected chi connectivity index (χ4v) is 3.65. The Morgan fingerprint density at radius 3 is 2.67 bits per heavy atom. The molecule has 21 heavy (non-hydrogen) atoms. The van der Waals surface area contributed by atoms with Crippen molar-refractivity contribution in [3.8, 4) is 0 Å². The molecule has 1 aromatic rings. The summed E-state index contributed by atoms with van der Waals surface area (Å²) in [4.78, 5) is 17.3. The van der Waals surface area contributed by atoms with Crippen LogP contribution in [-0.4, -0.2) is 40.0 Å². The Balaban J connectivity index is 1.78. The van der Waals surface area contributed by atoms with Crippen LogP contribution in [0.2, 0.25) is 0 Å². The molecule has 2 fully saturated rings. The van der Waals surface area contributed by atoms with E-state index in [1.165, 1.54) is 31.4 Å². The van der Waals surface area contributed by atoms with Gasteiger partial charge in [-0.25, -0.2) is 4.98 Å². The van der Waals surface area contributed by atoms with Crippen molar-refractivity contribution in [2.45, 2.75) is 50.2 Å². The lowest BCUT2D eigenvalue weighted by molar-refractivity contribution is -0.384. The average molecular weight is 291 g/mol. The molecule has 2 saturated heterocycles. The summed E-state index contributed by atoms with van der Waals surface area (Å²) in [7, 11) is 2.19. The van der Waals surface area contributed by atoms with Crippen LogP contribution < -0.4 is 11.1 Å². The van der Waals surface area contributed by atoms with Crippen molar-refractivity contribution in [3.05, 3.63) is 22.2 Å². The molecule has 3 N–H and O–H groups in total. The zero-order valence-corrected chi connectivity index (χ0v) is 12.2. The van der Waals surface area contributed by atoms with Crippen LogP contribution in [0.5, 0.6) is 0 Å². The molecule has 7 heteroatoms. The average Bonchev–Trinajstić information content (AvgIpc) is 2.39. The molecule has 1 aromatic heterocycles. The Kier molecular flexibility index (Phi) is 3.67. The standard InChI is InChI=1S/C14H21N5O2/c1-18-10-3-2-4-11(18)8-9(7-10)16-14-12(19(20)21)5-6-13(15)17-14/h5-6,9-11H,2-4,7-8H2,1H3,(H3,15,16,17). The molecule has 2 bridgehead atoms. The Morgan fingerprint density at radius 2 is 2.05 bits per heavy atom. The van der Waals surface area contributed by atoms with E-state index < -0.39 is 4.92 Å². The molecule has 114 valence electrons. The van der Waals surface area contributed by atoms with E-state index in [-0.39, 0.29) is 11.7 Å². The van der Waals surface area contributed by atoms with E-state index in [0.29, 0.717) is 23.7 Å². The number of nitrogens with one attached hydrogen (secondary N) is 1. The van der Waals surface area contributed by atoms with Gasteiger partial charge in [-0.2, -0.15) is 0 Å². The Hall–Kier alpha value is -1.89. The normalized spacial score (nSPS) is 29.1. The summed E-state index contributed by atoms with van der Waals surface area (Å²) in [6, 6.07) is 4.24. The topological polar surface area (TPSA) is 97.3 Å². The molecule has 0 spiro atoms. The van der Waals surface area contributed by atoms with Crippen LogP contribution in [0.25, 0.3) is 0 Å². The molecular formula is C14H21N5O2. The molecule has 0 amide bonds. The molecule has 2 unspecified atom stereocenters. The summed E-state index contributed by atoms with van der Waals surface area (Å²) in [6.07, 6.45) is 5.69. The van der Waals surface area contributed by atoms with Crippen LogP contribution in [0, 0.1) is 10.1 Å². The first-order valence-corrected chi connectivity index (χ1v) is 7.44. The van der Waals surface area contributed by atoms with Crippen molar-refractivity contribution in [3.63, 3.8) is 0 Å². The van der Waals surface area contributed by atoms with Gasteiger partial charge in [-0.05, 0) is 38.8 Å². The zero-order valence-electron chi connectivity index (χ0n) is 12.2. The first-order valence-electron chi connectivity index (χ1n) is 7.44. The van der Waals surface area contributed by atoms with Crippen LogP contribution in [0.3, 0.4) is 0 Å². The van der Waals surface area contributed by atoms with Crippen molar-refractivity contribution in [1.82, 2.24) is 9.88 Å². The number of pyridine rings is 1. The van der Waals surface area contributed by atoms with Crippen LogP contribution in [0.15, 0.2) is 12.1 Å². The number of fused-ring (bicyclic) bond motifs is 2. The van der Waals surface area contributed by atoms with Gasteiger partial charge in [0.1, 0.15) is 5.82 Å². The van der Waals surface area contributed by atoms with Gasteiger partial charge in [0.05, 0.1) is 4.92 Å². The monoisotopic (exact) mass is 291 g/mol. The molecule has 2 aliphatic heterocycles. The number of anilines is 2. The van der Waals surface area contributed by atoms with Crippen LogP contribution in [0.4, 0.5) is 17.3 Å². The van der Waals surface area contributed by atoms with Gasteiger partial charge in [0.15, 0.2) is 0 Å². The molecule has 3 heterocycles. The second kappa shape index (κ2) is 5.48. The number of hydrogen-bond donors (Lipinski definition) is 2. The number of aromatic nitrogens is 1. The molecular weight excluding hydrogens is 270 g/mol. The Labute approximate surface area is 123 Å². The SMILES string of the molecule is CN1C2CCCC1CC(Nc1nc(N)ccc1[N+](=O)[O-])C2. The highest BCUT2D eigenvalue weighted by atomic mass is 16.6. The smallest absolute Gasteiger partial charge is 0.311 e. The van der Waals surface area contributed by atoms with E-state index in [4.69, 9.17) is 5.73 Å². The van der Waals surface area contributed by atoms with E-state index in [1.807, 2.05) is 0 Å². The molecule has 0 aliphatic carbocycles. The number of nitro groups is 1. The predicted molar refractivity (Wildman–Crippen MR) is 81.1 cm³/mol. The second-order valence-corrected chi connectivity index (χ2v) is 6.08. The molecule has 0 radical (unpaired) electrons. The van der Waals surface area contributed by atoms with Crippen molar-refractivity contribution in [1.29, 1.82) is 0 Å². The maximum atomic E-state index is 11.1. The van der Waals surface area contributed by atoms with E-state index in [9.17, 15) is 10.1 Å². The number of nitrogens with two attached hydrogens (primary N) is 1. The van der Waals surface area contributed by atoms with Gasteiger partial charge in [0, 0.05) is 24.2 Å². The highest BCUT2D eigenvalue weighted by Crippen LogP contribution is 2.35. The van der Waals surface area contributed by atoms with Crippen LogP contribution >= 0.6 is 0 Å². The number of hydrogen-bond acceptors (Lipinski definition) is 6. The minimum Gasteiger partial charge on any atom is -0.384 e.